The van der Waals surface area contributed by atoms with Gasteiger partial charge in [0.25, 0.3) is 0 Å². The van der Waals surface area contributed by atoms with Crippen LogP contribution in [0.25, 0.3) is 0 Å². The summed E-state index contributed by atoms with van der Waals surface area (Å²) in [6.45, 7) is 2.56. The van der Waals surface area contributed by atoms with E-state index in [0.29, 0.717) is 17.9 Å². The summed E-state index contributed by atoms with van der Waals surface area (Å²) in [4.78, 5) is 11.8. The van der Waals surface area contributed by atoms with Crippen LogP contribution in [-0.2, 0) is 16.4 Å². The van der Waals surface area contributed by atoms with Crippen LogP contribution in [0.5, 0.6) is 0 Å². The average molecular weight is 347 g/mol. The van der Waals surface area contributed by atoms with Gasteiger partial charge in [-0.3, -0.25) is 4.72 Å². The van der Waals surface area contributed by atoms with E-state index >= 15 is 0 Å². The summed E-state index contributed by atoms with van der Waals surface area (Å²) in [6, 6.07) is 14.3. The monoisotopic (exact) mass is 347 g/mol. The molecule has 0 unspecified atom stereocenters. The zero-order valence-electron chi connectivity index (χ0n) is 13.7. The fourth-order valence-corrected chi connectivity index (χ4v) is 2.65. The Bertz CT molecular complexity index is 785. The van der Waals surface area contributed by atoms with Gasteiger partial charge < -0.3 is 10.6 Å². The number of urea groups is 1. The molecule has 2 amide bonds. The maximum absolute atomic E-state index is 11.8. The van der Waals surface area contributed by atoms with E-state index in [9.17, 15) is 13.2 Å². The molecule has 0 radical (unpaired) electrons. The van der Waals surface area contributed by atoms with Gasteiger partial charge in [-0.05, 0) is 43.2 Å². The fraction of sp³-hybridized carbons (Fsp3) is 0.235. The van der Waals surface area contributed by atoms with Gasteiger partial charge in [-0.1, -0.05) is 29.8 Å². The topological polar surface area (TPSA) is 87.3 Å². The van der Waals surface area contributed by atoms with Gasteiger partial charge in [0.2, 0.25) is 10.0 Å². The number of aryl methyl sites for hydroxylation is 1. The highest BCUT2D eigenvalue weighted by Gasteiger charge is 2.04. The minimum absolute atomic E-state index is 0.300. The van der Waals surface area contributed by atoms with Gasteiger partial charge in [-0.2, -0.15) is 0 Å². The van der Waals surface area contributed by atoms with Crippen molar-refractivity contribution in [2.45, 2.75) is 13.3 Å². The standard InChI is InChI=1S/C17H21N3O3S/c1-13-3-5-14(6-4-13)11-12-18-17(21)19-15-7-9-16(10-8-15)20-24(2,22)23/h3-10,20H,11-12H2,1-2H3,(H2,18,19,21). The normalized spacial score (nSPS) is 10.9. The van der Waals surface area contributed by atoms with Gasteiger partial charge in [0.15, 0.2) is 0 Å². The van der Waals surface area contributed by atoms with Crippen LogP contribution in [0.1, 0.15) is 11.1 Å². The molecule has 0 saturated carbocycles. The quantitative estimate of drug-likeness (QED) is 0.751. The molecule has 0 atom stereocenters. The number of hydrogen-bond donors (Lipinski definition) is 3. The van der Waals surface area contributed by atoms with Crippen molar-refractivity contribution in [1.82, 2.24) is 5.32 Å². The van der Waals surface area contributed by atoms with Crippen LogP contribution in [-0.4, -0.2) is 27.2 Å². The summed E-state index contributed by atoms with van der Waals surface area (Å²) in [5.74, 6) is 0. The summed E-state index contributed by atoms with van der Waals surface area (Å²) in [5, 5.41) is 5.49. The molecule has 0 aliphatic heterocycles. The number of rotatable bonds is 6. The Labute approximate surface area is 142 Å². The van der Waals surface area contributed by atoms with Crippen LogP contribution >= 0.6 is 0 Å². The number of carbonyl (C=O) groups is 1. The Morgan fingerprint density at radius 1 is 0.958 bits per heavy atom. The molecule has 7 heteroatoms. The van der Waals surface area contributed by atoms with E-state index < -0.39 is 10.0 Å². The molecule has 0 heterocycles. The number of nitrogens with one attached hydrogen (secondary N) is 3. The lowest BCUT2D eigenvalue weighted by molar-refractivity contribution is 0.252. The third-order valence-electron chi connectivity index (χ3n) is 3.27. The molecular formula is C17H21N3O3S. The molecule has 3 N–H and O–H groups in total. The molecule has 24 heavy (non-hydrogen) atoms. The predicted octanol–water partition coefficient (Wildman–Crippen LogP) is 2.73. The van der Waals surface area contributed by atoms with Gasteiger partial charge in [-0.15, -0.1) is 0 Å². The van der Waals surface area contributed by atoms with Crippen LogP contribution in [0.4, 0.5) is 16.2 Å². The van der Waals surface area contributed by atoms with Gasteiger partial charge >= 0.3 is 6.03 Å². The Morgan fingerprint density at radius 2 is 1.54 bits per heavy atom. The highest BCUT2D eigenvalue weighted by Crippen LogP contribution is 2.14. The van der Waals surface area contributed by atoms with E-state index in [1.165, 1.54) is 5.56 Å². The number of benzene rings is 2. The average Bonchev–Trinajstić information content (AvgIpc) is 2.50. The molecule has 2 aromatic rings. The lowest BCUT2D eigenvalue weighted by Gasteiger charge is -2.09. The lowest BCUT2D eigenvalue weighted by Crippen LogP contribution is -2.30. The minimum Gasteiger partial charge on any atom is -0.338 e. The Balaban J connectivity index is 1.78. The summed E-state index contributed by atoms with van der Waals surface area (Å²) in [5.41, 5.74) is 3.40. The molecule has 0 fully saturated rings. The predicted molar refractivity (Wildman–Crippen MR) is 96.8 cm³/mol. The van der Waals surface area contributed by atoms with Crippen molar-refractivity contribution in [2.75, 3.05) is 22.8 Å². The van der Waals surface area contributed by atoms with Crippen LogP contribution < -0.4 is 15.4 Å². The van der Waals surface area contributed by atoms with E-state index in [2.05, 4.69) is 15.4 Å². The van der Waals surface area contributed by atoms with Crippen molar-refractivity contribution in [3.63, 3.8) is 0 Å². The molecule has 0 bridgehead atoms. The van der Waals surface area contributed by atoms with Crippen molar-refractivity contribution >= 4 is 27.4 Å². The maximum atomic E-state index is 11.8. The number of anilines is 2. The lowest BCUT2D eigenvalue weighted by atomic mass is 10.1. The zero-order chi connectivity index (χ0) is 17.6. The number of sulfonamides is 1. The number of amides is 2. The maximum Gasteiger partial charge on any atom is 0.319 e. The zero-order valence-corrected chi connectivity index (χ0v) is 14.5. The van der Waals surface area contributed by atoms with Crippen molar-refractivity contribution in [3.05, 3.63) is 59.7 Å². The van der Waals surface area contributed by atoms with Crippen molar-refractivity contribution < 1.29 is 13.2 Å². The minimum atomic E-state index is -3.30. The van der Waals surface area contributed by atoms with Crippen LogP contribution in [0.2, 0.25) is 0 Å². The largest absolute Gasteiger partial charge is 0.338 e. The van der Waals surface area contributed by atoms with Gasteiger partial charge in [0.05, 0.1) is 6.26 Å². The van der Waals surface area contributed by atoms with Crippen LogP contribution in [0, 0.1) is 6.92 Å². The van der Waals surface area contributed by atoms with Crippen LogP contribution in [0.3, 0.4) is 0 Å². The Kier molecular flexibility index (Phi) is 5.81. The van der Waals surface area contributed by atoms with Crippen molar-refractivity contribution in [3.8, 4) is 0 Å². The number of carbonyl (C=O) groups excluding carboxylic acids is 1. The first kappa shape index (κ1) is 17.8. The third kappa shape index (κ3) is 6.29. The molecule has 0 saturated heterocycles. The summed E-state index contributed by atoms with van der Waals surface area (Å²) in [7, 11) is -3.30. The van der Waals surface area contributed by atoms with Crippen LogP contribution in [0.15, 0.2) is 48.5 Å². The Morgan fingerprint density at radius 3 is 2.12 bits per heavy atom. The first-order valence-electron chi connectivity index (χ1n) is 7.50. The first-order chi connectivity index (χ1) is 11.3. The van der Waals surface area contributed by atoms with Gasteiger partial charge in [-0.25, -0.2) is 13.2 Å². The molecular weight excluding hydrogens is 326 g/mol. The third-order valence-corrected chi connectivity index (χ3v) is 3.87. The summed E-state index contributed by atoms with van der Waals surface area (Å²) in [6.07, 6.45) is 1.84. The SMILES string of the molecule is Cc1ccc(CCNC(=O)Nc2ccc(NS(C)(=O)=O)cc2)cc1. The first-order valence-corrected chi connectivity index (χ1v) is 9.39. The van der Waals surface area contributed by atoms with E-state index in [1.807, 2.05) is 31.2 Å². The highest BCUT2D eigenvalue weighted by molar-refractivity contribution is 7.92. The van der Waals surface area contributed by atoms with Gasteiger partial charge in [0, 0.05) is 17.9 Å². The summed E-state index contributed by atoms with van der Waals surface area (Å²) >= 11 is 0. The Hall–Kier alpha value is -2.54. The second-order valence-electron chi connectivity index (χ2n) is 5.57. The van der Waals surface area contributed by atoms with Crippen molar-refractivity contribution in [1.29, 1.82) is 0 Å². The molecule has 0 aliphatic rings. The highest BCUT2D eigenvalue weighted by atomic mass is 32.2. The van der Waals surface area contributed by atoms with E-state index in [0.717, 1.165) is 18.2 Å². The van der Waals surface area contributed by atoms with E-state index in [1.54, 1.807) is 24.3 Å². The fourth-order valence-electron chi connectivity index (χ4n) is 2.09. The van der Waals surface area contributed by atoms with Gasteiger partial charge in [0.1, 0.15) is 0 Å². The molecule has 2 rings (SSSR count). The second kappa shape index (κ2) is 7.83. The second-order valence-corrected chi connectivity index (χ2v) is 7.32. The van der Waals surface area contributed by atoms with E-state index in [4.69, 9.17) is 0 Å². The number of hydrogen-bond acceptors (Lipinski definition) is 3. The molecule has 0 aliphatic carbocycles. The molecule has 128 valence electrons. The van der Waals surface area contributed by atoms with Crippen molar-refractivity contribution in [2.24, 2.45) is 0 Å². The molecule has 0 aromatic heterocycles. The smallest absolute Gasteiger partial charge is 0.319 e. The molecule has 2 aromatic carbocycles. The van der Waals surface area contributed by atoms with E-state index in [-0.39, 0.29) is 6.03 Å². The molecule has 6 nitrogen and oxygen atoms in total. The molecule has 0 spiro atoms. The summed E-state index contributed by atoms with van der Waals surface area (Å²) < 4.78 is 24.6.